The van der Waals surface area contributed by atoms with Gasteiger partial charge in [-0.25, -0.2) is 8.42 Å². The van der Waals surface area contributed by atoms with Crippen molar-refractivity contribution in [1.29, 1.82) is 0 Å². The monoisotopic (exact) mass is 331 g/mol. The van der Waals surface area contributed by atoms with E-state index in [2.05, 4.69) is 24.1 Å². The Balaban J connectivity index is 2.12. The fraction of sp³-hybridized carbons (Fsp3) is 0.714. The number of hydrogen-bond acceptors (Lipinski definition) is 5. The Kier molecular flexibility index (Phi) is 5.43. The van der Waals surface area contributed by atoms with Crippen LogP contribution in [-0.4, -0.2) is 56.4 Å². The van der Waals surface area contributed by atoms with E-state index in [9.17, 15) is 8.42 Å². The SMILES string of the molecule is CC(C)NCc1cc(S(=O)(=O)N2CCN(C)CC2C)cs1. The zero-order valence-electron chi connectivity index (χ0n) is 13.2. The van der Waals surface area contributed by atoms with Crippen molar-refractivity contribution in [2.45, 2.75) is 44.3 Å². The highest BCUT2D eigenvalue weighted by Gasteiger charge is 2.33. The summed E-state index contributed by atoms with van der Waals surface area (Å²) in [6.45, 7) is 8.99. The molecule has 0 radical (unpaired) electrons. The Bertz CT molecular complexity index is 569. The maximum atomic E-state index is 12.7. The zero-order chi connectivity index (χ0) is 15.6. The van der Waals surface area contributed by atoms with Crippen molar-refractivity contribution >= 4 is 21.4 Å². The average molecular weight is 332 g/mol. The molecular weight excluding hydrogens is 306 g/mol. The molecule has 0 spiro atoms. The molecule has 21 heavy (non-hydrogen) atoms. The number of nitrogens with zero attached hydrogens (tertiary/aromatic N) is 2. The van der Waals surface area contributed by atoms with E-state index in [4.69, 9.17) is 0 Å². The van der Waals surface area contributed by atoms with E-state index in [-0.39, 0.29) is 6.04 Å². The van der Waals surface area contributed by atoms with Crippen LogP contribution in [-0.2, 0) is 16.6 Å². The molecule has 0 bridgehead atoms. The van der Waals surface area contributed by atoms with Crippen LogP contribution in [0.5, 0.6) is 0 Å². The molecule has 0 saturated carbocycles. The van der Waals surface area contributed by atoms with Crippen molar-refractivity contribution in [1.82, 2.24) is 14.5 Å². The van der Waals surface area contributed by atoms with Gasteiger partial charge in [-0.15, -0.1) is 11.3 Å². The van der Waals surface area contributed by atoms with E-state index < -0.39 is 10.0 Å². The van der Waals surface area contributed by atoms with Gasteiger partial charge in [-0.3, -0.25) is 0 Å². The molecule has 1 fully saturated rings. The van der Waals surface area contributed by atoms with Gasteiger partial charge in [0.15, 0.2) is 0 Å². The summed E-state index contributed by atoms with van der Waals surface area (Å²) < 4.78 is 27.1. The van der Waals surface area contributed by atoms with Crippen LogP contribution in [0.1, 0.15) is 25.6 Å². The van der Waals surface area contributed by atoms with Gasteiger partial charge in [0.05, 0.1) is 4.90 Å². The van der Waals surface area contributed by atoms with Gasteiger partial charge in [0.1, 0.15) is 0 Å². The van der Waals surface area contributed by atoms with Crippen LogP contribution in [0, 0.1) is 0 Å². The average Bonchev–Trinajstić information content (AvgIpc) is 2.85. The smallest absolute Gasteiger partial charge is 0.244 e. The van der Waals surface area contributed by atoms with Crippen LogP contribution in [0.2, 0.25) is 0 Å². The van der Waals surface area contributed by atoms with E-state index in [1.807, 2.05) is 14.0 Å². The molecule has 1 unspecified atom stereocenters. The zero-order valence-corrected chi connectivity index (χ0v) is 14.8. The number of piperazine rings is 1. The normalized spacial score (nSPS) is 22.0. The minimum atomic E-state index is -3.36. The van der Waals surface area contributed by atoms with Crippen LogP contribution in [0.25, 0.3) is 0 Å². The Labute approximate surface area is 132 Å². The second-order valence-corrected chi connectivity index (χ2v) is 8.90. The standard InChI is InChI=1S/C14H25N3O2S2/c1-11(2)15-8-13-7-14(10-20-13)21(18,19)17-6-5-16(4)9-12(17)3/h7,10-12,15H,5-6,8-9H2,1-4H3. The summed E-state index contributed by atoms with van der Waals surface area (Å²) in [7, 11) is -1.33. The van der Waals surface area contributed by atoms with Gasteiger partial charge in [-0.1, -0.05) is 13.8 Å². The largest absolute Gasteiger partial charge is 0.310 e. The van der Waals surface area contributed by atoms with Gasteiger partial charge in [0.2, 0.25) is 10.0 Å². The summed E-state index contributed by atoms with van der Waals surface area (Å²) in [6, 6.07) is 2.22. The lowest BCUT2D eigenvalue weighted by Crippen LogP contribution is -2.52. The number of thiophene rings is 1. The number of nitrogens with one attached hydrogen (secondary N) is 1. The topological polar surface area (TPSA) is 52.7 Å². The second kappa shape index (κ2) is 6.75. The minimum Gasteiger partial charge on any atom is -0.310 e. The van der Waals surface area contributed by atoms with Crippen molar-refractivity contribution in [3.05, 3.63) is 16.3 Å². The van der Waals surface area contributed by atoms with Gasteiger partial charge < -0.3 is 10.2 Å². The summed E-state index contributed by atoms with van der Waals surface area (Å²) in [6.07, 6.45) is 0. The van der Waals surface area contributed by atoms with Crippen LogP contribution < -0.4 is 5.32 Å². The summed E-state index contributed by atoms with van der Waals surface area (Å²) in [5.41, 5.74) is 0. The Morgan fingerprint density at radius 1 is 1.43 bits per heavy atom. The molecule has 1 aliphatic heterocycles. The molecule has 2 heterocycles. The maximum Gasteiger partial charge on any atom is 0.244 e. The third-order valence-electron chi connectivity index (χ3n) is 3.69. The lowest BCUT2D eigenvalue weighted by molar-refractivity contribution is 0.170. The fourth-order valence-corrected chi connectivity index (χ4v) is 5.34. The van der Waals surface area contributed by atoms with Gasteiger partial charge in [0.25, 0.3) is 0 Å². The molecule has 0 amide bonds. The van der Waals surface area contributed by atoms with Crippen molar-refractivity contribution < 1.29 is 8.42 Å². The predicted molar refractivity (Wildman–Crippen MR) is 87.1 cm³/mol. The first-order valence-corrected chi connectivity index (χ1v) is 9.64. The van der Waals surface area contributed by atoms with Crippen molar-refractivity contribution in [2.75, 3.05) is 26.7 Å². The number of sulfonamides is 1. The molecular formula is C14H25N3O2S2. The molecule has 1 saturated heterocycles. The van der Waals surface area contributed by atoms with Gasteiger partial charge in [-0.2, -0.15) is 4.31 Å². The Morgan fingerprint density at radius 2 is 2.14 bits per heavy atom. The number of likely N-dealkylation sites (N-methyl/N-ethyl adjacent to an activating group) is 1. The number of rotatable bonds is 5. The lowest BCUT2D eigenvalue weighted by atomic mass is 10.2. The highest BCUT2D eigenvalue weighted by atomic mass is 32.2. The molecule has 1 aromatic rings. The highest BCUT2D eigenvalue weighted by Crippen LogP contribution is 2.25. The van der Waals surface area contributed by atoms with Crippen LogP contribution >= 0.6 is 11.3 Å². The third kappa shape index (κ3) is 4.04. The van der Waals surface area contributed by atoms with E-state index in [1.54, 1.807) is 15.8 Å². The minimum absolute atomic E-state index is 0.0193. The quantitative estimate of drug-likeness (QED) is 0.890. The summed E-state index contributed by atoms with van der Waals surface area (Å²) >= 11 is 1.51. The molecule has 1 aliphatic rings. The fourth-order valence-electron chi connectivity index (χ4n) is 2.51. The van der Waals surface area contributed by atoms with E-state index >= 15 is 0 Å². The Morgan fingerprint density at radius 3 is 2.76 bits per heavy atom. The molecule has 1 aromatic heterocycles. The lowest BCUT2D eigenvalue weighted by Gasteiger charge is -2.36. The first-order chi connectivity index (χ1) is 9.80. The van der Waals surface area contributed by atoms with E-state index in [1.165, 1.54) is 11.3 Å². The highest BCUT2D eigenvalue weighted by molar-refractivity contribution is 7.89. The molecule has 1 N–H and O–H groups in total. The molecule has 120 valence electrons. The molecule has 0 aliphatic carbocycles. The molecule has 5 nitrogen and oxygen atoms in total. The molecule has 2 rings (SSSR count). The first kappa shape index (κ1) is 16.9. The maximum absolute atomic E-state index is 12.7. The van der Waals surface area contributed by atoms with Gasteiger partial charge in [-0.05, 0) is 20.0 Å². The van der Waals surface area contributed by atoms with Gasteiger partial charge in [0, 0.05) is 48.5 Å². The van der Waals surface area contributed by atoms with Crippen molar-refractivity contribution in [3.63, 3.8) is 0 Å². The first-order valence-electron chi connectivity index (χ1n) is 7.32. The van der Waals surface area contributed by atoms with Crippen LogP contribution in [0.3, 0.4) is 0 Å². The number of hydrogen-bond donors (Lipinski definition) is 1. The van der Waals surface area contributed by atoms with Crippen LogP contribution in [0.15, 0.2) is 16.3 Å². The molecule has 0 aromatic carbocycles. The van der Waals surface area contributed by atoms with Crippen LogP contribution in [0.4, 0.5) is 0 Å². The van der Waals surface area contributed by atoms with E-state index in [0.717, 1.165) is 24.5 Å². The van der Waals surface area contributed by atoms with Crippen molar-refractivity contribution in [2.24, 2.45) is 0 Å². The summed E-state index contributed by atoms with van der Waals surface area (Å²) in [5, 5.41) is 5.08. The Hall–Kier alpha value is -0.470. The van der Waals surface area contributed by atoms with Crippen molar-refractivity contribution in [3.8, 4) is 0 Å². The van der Waals surface area contributed by atoms with Gasteiger partial charge >= 0.3 is 0 Å². The summed E-state index contributed by atoms with van der Waals surface area (Å²) in [5.74, 6) is 0. The predicted octanol–water partition coefficient (Wildman–Crippen LogP) is 1.57. The second-order valence-electron chi connectivity index (χ2n) is 6.01. The summed E-state index contributed by atoms with van der Waals surface area (Å²) in [4.78, 5) is 3.66. The molecule has 7 heteroatoms. The third-order valence-corrected chi connectivity index (χ3v) is 6.77. The van der Waals surface area contributed by atoms with E-state index in [0.29, 0.717) is 17.5 Å². The molecule has 1 atom stereocenters.